The molecule has 0 aromatic carbocycles. The number of ether oxygens (including phenoxy) is 1. The van der Waals surface area contributed by atoms with Crippen LogP contribution < -0.4 is 5.73 Å². The highest BCUT2D eigenvalue weighted by atomic mass is 16.6. The summed E-state index contributed by atoms with van der Waals surface area (Å²) in [6.07, 6.45) is 4.62. The zero-order valence-electron chi connectivity index (χ0n) is 13.2. The number of likely N-dealkylation sites (tertiary alicyclic amines) is 2. The van der Waals surface area contributed by atoms with Crippen molar-refractivity contribution in [3.05, 3.63) is 0 Å². The Morgan fingerprint density at radius 2 is 1.80 bits per heavy atom. The van der Waals surface area contributed by atoms with E-state index < -0.39 is 5.60 Å². The van der Waals surface area contributed by atoms with Crippen LogP contribution in [0.4, 0.5) is 4.79 Å². The lowest BCUT2D eigenvalue weighted by atomic mass is 9.83. The number of piperidine rings is 1. The number of hydrogen-bond donors (Lipinski definition) is 1. The Bertz CT molecular complexity index is 340. The van der Waals surface area contributed by atoms with E-state index in [1.165, 1.54) is 19.3 Å². The van der Waals surface area contributed by atoms with Gasteiger partial charge in [0.15, 0.2) is 0 Å². The fourth-order valence-corrected chi connectivity index (χ4v) is 3.27. The lowest BCUT2D eigenvalue weighted by Crippen LogP contribution is -2.72. The van der Waals surface area contributed by atoms with Gasteiger partial charge in [0.05, 0.1) is 5.54 Å². The molecule has 20 heavy (non-hydrogen) atoms. The second-order valence-electron chi connectivity index (χ2n) is 7.15. The third-order valence-corrected chi connectivity index (χ3v) is 4.26. The van der Waals surface area contributed by atoms with Crippen LogP contribution in [-0.2, 0) is 4.74 Å². The normalized spacial score (nSPS) is 23.3. The monoisotopic (exact) mass is 283 g/mol. The lowest BCUT2D eigenvalue weighted by molar-refractivity contribution is -0.0732. The zero-order valence-corrected chi connectivity index (χ0v) is 13.2. The first-order chi connectivity index (χ1) is 9.36. The van der Waals surface area contributed by atoms with Gasteiger partial charge in [-0.25, -0.2) is 4.79 Å². The van der Waals surface area contributed by atoms with Crippen molar-refractivity contribution < 1.29 is 9.53 Å². The van der Waals surface area contributed by atoms with E-state index in [1.54, 1.807) is 0 Å². The maximum absolute atomic E-state index is 12.1. The molecular weight excluding hydrogens is 254 g/mol. The average Bonchev–Trinajstić information content (AvgIpc) is 2.32. The van der Waals surface area contributed by atoms with Crippen molar-refractivity contribution in [2.45, 2.75) is 57.6 Å². The molecule has 2 aliphatic rings. The number of nitrogens with two attached hydrogens (primary N) is 1. The summed E-state index contributed by atoms with van der Waals surface area (Å²) in [5.41, 5.74) is 5.47. The quantitative estimate of drug-likeness (QED) is 0.858. The Kier molecular flexibility index (Phi) is 4.59. The molecule has 116 valence electrons. The summed E-state index contributed by atoms with van der Waals surface area (Å²) in [6.45, 7) is 10.2. The molecule has 2 aliphatic heterocycles. The van der Waals surface area contributed by atoms with Crippen LogP contribution in [0.2, 0.25) is 0 Å². The van der Waals surface area contributed by atoms with Crippen LogP contribution in [0.1, 0.15) is 46.5 Å². The van der Waals surface area contributed by atoms with Crippen LogP contribution in [0.5, 0.6) is 0 Å². The number of amides is 1. The van der Waals surface area contributed by atoms with E-state index in [4.69, 9.17) is 10.5 Å². The molecule has 0 radical (unpaired) electrons. The van der Waals surface area contributed by atoms with E-state index in [2.05, 4.69) is 4.90 Å². The molecule has 2 rings (SSSR count). The zero-order chi connectivity index (χ0) is 14.8. The van der Waals surface area contributed by atoms with Gasteiger partial charge >= 0.3 is 6.09 Å². The molecule has 0 aromatic heterocycles. The third-order valence-electron chi connectivity index (χ3n) is 4.26. The van der Waals surface area contributed by atoms with Crippen LogP contribution in [0.25, 0.3) is 0 Å². The van der Waals surface area contributed by atoms with Crippen molar-refractivity contribution in [1.29, 1.82) is 0 Å². The van der Waals surface area contributed by atoms with E-state index in [0.717, 1.165) is 32.6 Å². The molecule has 2 saturated heterocycles. The van der Waals surface area contributed by atoms with Gasteiger partial charge < -0.3 is 15.4 Å². The molecule has 2 fully saturated rings. The van der Waals surface area contributed by atoms with Crippen molar-refractivity contribution in [3.8, 4) is 0 Å². The van der Waals surface area contributed by atoms with Crippen molar-refractivity contribution in [1.82, 2.24) is 9.80 Å². The smallest absolute Gasteiger partial charge is 0.410 e. The molecule has 0 aromatic rings. The molecule has 2 N–H and O–H groups in total. The Balaban J connectivity index is 1.93. The molecule has 5 heteroatoms. The van der Waals surface area contributed by atoms with Gasteiger partial charge in [-0.05, 0) is 59.7 Å². The first kappa shape index (κ1) is 15.6. The standard InChI is InChI=1S/C15H29N3O2/c1-14(2,3)20-13(19)17-11-15(12-17,7-8-16)18-9-5-4-6-10-18/h4-12,16H2,1-3H3. The van der Waals surface area contributed by atoms with E-state index >= 15 is 0 Å². The molecule has 0 atom stereocenters. The van der Waals surface area contributed by atoms with Crippen LogP contribution in [0, 0.1) is 0 Å². The van der Waals surface area contributed by atoms with E-state index in [-0.39, 0.29) is 11.6 Å². The largest absolute Gasteiger partial charge is 0.444 e. The molecule has 1 amide bonds. The Morgan fingerprint density at radius 3 is 2.30 bits per heavy atom. The molecule has 0 saturated carbocycles. The number of hydrogen-bond acceptors (Lipinski definition) is 4. The first-order valence-corrected chi connectivity index (χ1v) is 7.79. The summed E-state index contributed by atoms with van der Waals surface area (Å²) >= 11 is 0. The van der Waals surface area contributed by atoms with E-state index in [9.17, 15) is 4.79 Å². The maximum Gasteiger partial charge on any atom is 0.410 e. The molecular formula is C15H29N3O2. The van der Waals surface area contributed by atoms with Crippen molar-refractivity contribution >= 4 is 6.09 Å². The number of rotatable bonds is 3. The summed E-state index contributed by atoms with van der Waals surface area (Å²) in [6, 6.07) is 0. The number of nitrogens with zero attached hydrogens (tertiary/aromatic N) is 2. The summed E-state index contributed by atoms with van der Waals surface area (Å²) in [7, 11) is 0. The van der Waals surface area contributed by atoms with Gasteiger partial charge in [-0.2, -0.15) is 0 Å². The van der Waals surface area contributed by atoms with Crippen LogP contribution in [0.15, 0.2) is 0 Å². The Hall–Kier alpha value is -0.810. The van der Waals surface area contributed by atoms with Gasteiger partial charge in [-0.3, -0.25) is 4.90 Å². The van der Waals surface area contributed by atoms with E-state index in [1.807, 2.05) is 25.7 Å². The predicted molar refractivity (Wildman–Crippen MR) is 79.6 cm³/mol. The maximum atomic E-state index is 12.1. The van der Waals surface area contributed by atoms with Gasteiger partial charge in [-0.15, -0.1) is 0 Å². The van der Waals surface area contributed by atoms with Crippen molar-refractivity contribution in [3.63, 3.8) is 0 Å². The number of carbonyl (C=O) groups excluding carboxylic acids is 1. The number of carbonyl (C=O) groups is 1. The molecule has 0 aliphatic carbocycles. The average molecular weight is 283 g/mol. The predicted octanol–water partition coefficient (Wildman–Crippen LogP) is 1.81. The highest BCUT2D eigenvalue weighted by Crippen LogP contribution is 2.34. The third kappa shape index (κ3) is 3.44. The second-order valence-corrected chi connectivity index (χ2v) is 7.15. The van der Waals surface area contributed by atoms with Gasteiger partial charge in [0.2, 0.25) is 0 Å². The lowest BCUT2D eigenvalue weighted by Gasteiger charge is -2.56. The topological polar surface area (TPSA) is 58.8 Å². The van der Waals surface area contributed by atoms with Gasteiger partial charge in [-0.1, -0.05) is 6.42 Å². The fourth-order valence-electron chi connectivity index (χ4n) is 3.27. The molecule has 2 heterocycles. The van der Waals surface area contributed by atoms with Crippen molar-refractivity contribution in [2.75, 3.05) is 32.7 Å². The SMILES string of the molecule is CC(C)(C)OC(=O)N1CC(CCN)(N2CCCCC2)C1. The molecule has 0 spiro atoms. The molecule has 0 bridgehead atoms. The highest BCUT2D eigenvalue weighted by molar-refractivity contribution is 5.69. The van der Waals surface area contributed by atoms with Crippen molar-refractivity contribution in [2.24, 2.45) is 5.73 Å². The van der Waals surface area contributed by atoms with Crippen LogP contribution in [-0.4, -0.2) is 59.8 Å². The summed E-state index contributed by atoms with van der Waals surface area (Å²) in [5.74, 6) is 0. The summed E-state index contributed by atoms with van der Waals surface area (Å²) in [4.78, 5) is 16.4. The minimum Gasteiger partial charge on any atom is -0.444 e. The van der Waals surface area contributed by atoms with E-state index in [0.29, 0.717) is 6.54 Å². The van der Waals surface area contributed by atoms with Gasteiger partial charge in [0, 0.05) is 13.1 Å². The first-order valence-electron chi connectivity index (χ1n) is 7.79. The minimum atomic E-state index is -0.422. The second kappa shape index (κ2) is 5.90. The summed E-state index contributed by atoms with van der Waals surface area (Å²) in [5, 5.41) is 0. The van der Waals surface area contributed by atoms with Crippen LogP contribution >= 0.6 is 0 Å². The summed E-state index contributed by atoms with van der Waals surface area (Å²) < 4.78 is 5.44. The Morgan fingerprint density at radius 1 is 1.20 bits per heavy atom. The minimum absolute atomic E-state index is 0.103. The molecule has 0 unspecified atom stereocenters. The molecule has 5 nitrogen and oxygen atoms in total. The highest BCUT2D eigenvalue weighted by Gasteiger charge is 2.49. The van der Waals surface area contributed by atoms with Gasteiger partial charge in [0.1, 0.15) is 5.60 Å². The fraction of sp³-hybridized carbons (Fsp3) is 0.933. The van der Waals surface area contributed by atoms with Gasteiger partial charge in [0.25, 0.3) is 0 Å². The van der Waals surface area contributed by atoms with Crippen LogP contribution in [0.3, 0.4) is 0 Å². The Labute approximate surface area is 122 Å².